The fourth-order valence-corrected chi connectivity index (χ4v) is 5.28. The Balaban J connectivity index is 1.46. The second-order valence-electron chi connectivity index (χ2n) is 9.17. The molecule has 1 aliphatic heterocycles. The van der Waals surface area contributed by atoms with Gasteiger partial charge < -0.3 is 4.90 Å². The maximum Gasteiger partial charge on any atom is 0.193 e. The molecule has 5 nitrogen and oxygen atoms in total. The summed E-state index contributed by atoms with van der Waals surface area (Å²) < 4.78 is 2.24. The van der Waals surface area contributed by atoms with E-state index in [9.17, 15) is 4.79 Å². The lowest BCUT2D eigenvalue weighted by molar-refractivity contribution is 0.191. The molecule has 1 aromatic carbocycles. The molecule has 5 heteroatoms. The first-order chi connectivity index (χ1) is 15.2. The number of benzene rings is 1. The average Bonchev–Trinajstić information content (AvgIpc) is 2.80. The zero-order chi connectivity index (χ0) is 21.2. The molecule has 1 aliphatic carbocycles. The van der Waals surface area contributed by atoms with E-state index in [1.54, 1.807) is 6.20 Å². The van der Waals surface area contributed by atoms with E-state index in [-0.39, 0.29) is 5.43 Å². The highest BCUT2D eigenvalue weighted by atomic mass is 16.1. The number of pyridine rings is 2. The largest absolute Gasteiger partial charge is 0.355 e. The molecule has 3 heterocycles. The van der Waals surface area contributed by atoms with Crippen molar-refractivity contribution in [3.63, 3.8) is 0 Å². The molecule has 0 unspecified atom stereocenters. The number of hydrogen-bond donors (Lipinski definition) is 0. The molecule has 3 aromatic rings. The lowest BCUT2D eigenvalue weighted by atomic mass is 9.89. The second kappa shape index (κ2) is 8.83. The van der Waals surface area contributed by atoms with Crippen molar-refractivity contribution in [2.24, 2.45) is 5.92 Å². The van der Waals surface area contributed by atoms with Crippen LogP contribution in [0.1, 0.15) is 37.8 Å². The van der Waals surface area contributed by atoms with Gasteiger partial charge in [-0.15, -0.1) is 0 Å². The molecule has 0 N–H and O–H groups in total. The van der Waals surface area contributed by atoms with E-state index in [2.05, 4.69) is 43.6 Å². The third-order valence-electron chi connectivity index (χ3n) is 6.97. The van der Waals surface area contributed by atoms with Gasteiger partial charge in [0.15, 0.2) is 5.43 Å². The molecule has 0 atom stereocenters. The average molecular weight is 417 g/mol. The Hall–Kier alpha value is -2.66. The summed E-state index contributed by atoms with van der Waals surface area (Å²) in [7, 11) is 0. The Labute approximate surface area is 184 Å². The molecule has 0 bridgehead atoms. The zero-order valence-electron chi connectivity index (χ0n) is 18.5. The normalized spacial score (nSPS) is 18.5. The number of aryl methyl sites for hydroxylation is 1. The van der Waals surface area contributed by atoms with Gasteiger partial charge in [0, 0.05) is 56.4 Å². The van der Waals surface area contributed by atoms with Crippen molar-refractivity contribution in [1.29, 1.82) is 0 Å². The summed E-state index contributed by atoms with van der Waals surface area (Å²) in [4.78, 5) is 22.4. The summed E-state index contributed by atoms with van der Waals surface area (Å²) in [6.07, 6.45) is 8.73. The van der Waals surface area contributed by atoms with E-state index in [1.807, 2.05) is 25.1 Å². The predicted molar refractivity (Wildman–Crippen MR) is 127 cm³/mol. The van der Waals surface area contributed by atoms with E-state index in [0.717, 1.165) is 54.8 Å². The van der Waals surface area contributed by atoms with Gasteiger partial charge >= 0.3 is 0 Å². The molecule has 0 radical (unpaired) electrons. The smallest absolute Gasteiger partial charge is 0.193 e. The fourth-order valence-electron chi connectivity index (χ4n) is 5.28. The van der Waals surface area contributed by atoms with Gasteiger partial charge in [-0.1, -0.05) is 37.5 Å². The van der Waals surface area contributed by atoms with E-state index in [4.69, 9.17) is 0 Å². The molecule has 1 saturated carbocycles. The summed E-state index contributed by atoms with van der Waals surface area (Å²) in [6.45, 7) is 7.25. The summed E-state index contributed by atoms with van der Waals surface area (Å²) >= 11 is 0. The third kappa shape index (κ3) is 4.24. The van der Waals surface area contributed by atoms with Crippen molar-refractivity contribution in [2.45, 2.75) is 39.0 Å². The summed E-state index contributed by atoms with van der Waals surface area (Å²) in [5.74, 6) is 1.87. The number of fused-ring (bicyclic) bond motifs is 1. The summed E-state index contributed by atoms with van der Waals surface area (Å²) in [5, 5.41) is 0.675. The minimum absolute atomic E-state index is 0.0503. The molecular formula is C26H32N4O. The van der Waals surface area contributed by atoms with Crippen LogP contribution in [0.15, 0.2) is 53.5 Å². The number of piperazine rings is 1. The number of hydrogen-bond acceptors (Lipinski definition) is 4. The van der Waals surface area contributed by atoms with Gasteiger partial charge in [0.05, 0.1) is 10.9 Å². The number of nitrogens with zero attached hydrogens (tertiary/aromatic N) is 4. The van der Waals surface area contributed by atoms with Gasteiger partial charge in [-0.05, 0) is 43.9 Å². The first-order valence-electron chi connectivity index (χ1n) is 11.7. The van der Waals surface area contributed by atoms with Crippen LogP contribution in [-0.2, 0) is 0 Å². The standard InChI is InChI=1S/C26H32N4O/c1-20-16-24-23(18-27-20)25(31)17-26(30(24)22-10-6-3-7-11-22)29-14-12-28(13-15-29)19-21-8-4-2-5-9-21/h3,6-7,10-11,16-18,21H,2,4-5,8-9,12-15,19H2,1H3. The summed E-state index contributed by atoms with van der Waals surface area (Å²) in [5.41, 5.74) is 2.99. The van der Waals surface area contributed by atoms with E-state index in [1.165, 1.54) is 38.6 Å². The highest BCUT2D eigenvalue weighted by molar-refractivity contribution is 5.83. The molecule has 2 aliphatic rings. The molecule has 2 aromatic heterocycles. The lowest BCUT2D eigenvalue weighted by Gasteiger charge is -2.39. The molecule has 162 valence electrons. The molecule has 2 fully saturated rings. The molecule has 31 heavy (non-hydrogen) atoms. The number of para-hydroxylation sites is 1. The second-order valence-corrected chi connectivity index (χ2v) is 9.17. The summed E-state index contributed by atoms with van der Waals surface area (Å²) in [6, 6.07) is 14.2. The molecular weight excluding hydrogens is 384 g/mol. The first kappa shape index (κ1) is 20.3. The van der Waals surface area contributed by atoms with Crippen LogP contribution in [0.3, 0.4) is 0 Å². The Bertz CT molecular complexity index is 1090. The van der Waals surface area contributed by atoms with Crippen LogP contribution in [0.25, 0.3) is 16.6 Å². The number of anilines is 1. The van der Waals surface area contributed by atoms with E-state index >= 15 is 0 Å². The van der Waals surface area contributed by atoms with Crippen LogP contribution in [0, 0.1) is 12.8 Å². The van der Waals surface area contributed by atoms with Gasteiger partial charge in [0.2, 0.25) is 0 Å². The first-order valence-corrected chi connectivity index (χ1v) is 11.7. The molecule has 1 saturated heterocycles. The fraction of sp³-hybridized carbons (Fsp3) is 0.462. The monoisotopic (exact) mass is 416 g/mol. The lowest BCUT2D eigenvalue weighted by Crippen LogP contribution is -2.48. The van der Waals surface area contributed by atoms with Crippen molar-refractivity contribution >= 4 is 16.7 Å². The van der Waals surface area contributed by atoms with Gasteiger partial charge in [0.1, 0.15) is 5.82 Å². The molecule has 5 rings (SSSR count). The highest BCUT2D eigenvalue weighted by Crippen LogP contribution is 2.28. The maximum absolute atomic E-state index is 13.0. The Morgan fingerprint density at radius 3 is 2.45 bits per heavy atom. The highest BCUT2D eigenvalue weighted by Gasteiger charge is 2.24. The SMILES string of the molecule is Cc1cc2c(cn1)c(=O)cc(N1CCN(CC3CCCCC3)CC1)n2-c1ccccc1. The Morgan fingerprint density at radius 2 is 1.71 bits per heavy atom. The zero-order valence-corrected chi connectivity index (χ0v) is 18.5. The third-order valence-corrected chi connectivity index (χ3v) is 6.97. The van der Waals surface area contributed by atoms with Crippen LogP contribution >= 0.6 is 0 Å². The van der Waals surface area contributed by atoms with Gasteiger partial charge in [-0.2, -0.15) is 0 Å². The van der Waals surface area contributed by atoms with Gasteiger partial charge in [-0.25, -0.2) is 0 Å². The quantitative estimate of drug-likeness (QED) is 0.632. The van der Waals surface area contributed by atoms with Gasteiger partial charge in [0.25, 0.3) is 0 Å². The predicted octanol–water partition coefficient (Wildman–Crippen LogP) is 4.40. The van der Waals surface area contributed by atoms with Crippen molar-refractivity contribution < 1.29 is 0 Å². The van der Waals surface area contributed by atoms with E-state index < -0.39 is 0 Å². The van der Waals surface area contributed by atoms with Crippen LogP contribution in [0.4, 0.5) is 5.82 Å². The maximum atomic E-state index is 13.0. The number of aromatic nitrogens is 2. The minimum atomic E-state index is 0.0503. The Kier molecular flexibility index (Phi) is 5.77. The van der Waals surface area contributed by atoms with Crippen LogP contribution in [0.5, 0.6) is 0 Å². The van der Waals surface area contributed by atoms with Crippen molar-refractivity contribution in [2.75, 3.05) is 37.6 Å². The molecule has 0 amide bonds. The minimum Gasteiger partial charge on any atom is -0.355 e. The Morgan fingerprint density at radius 1 is 0.968 bits per heavy atom. The van der Waals surface area contributed by atoms with Crippen molar-refractivity contribution in [3.8, 4) is 5.69 Å². The van der Waals surface area contributed by atoms with Crippen LogP contribution in [0.2, 0.25) is 0 Å². The van der Waals surface area contributed by atoms with Crippen molar-refractivity contribution in [1.82, 2.24) is 14.5 Å². The van der Waals surface area contributed by atoms with Crippen molar-refractivity contribution in [3.05, 3.63) is 64.6 Å². The number of rotatable bonds is 4. The van der Waals surface area contributed by atoms with E-state index in [0.29, 0.717) is 5.39 Å². The van der Waals surface area contributed by atoms with Crippen LogP contribution in [-0.4, -0.2) is 47.2 Å². The van der Waals surface area contributed by atoms with Crippen LogP contribution < -0.4 is 10.3 Å². The molecule has 0 spiro atoms. The topological polar surface area (TPSA) is 41.4 Å². The van der Waals surface area contributed by atoms with Gasteiger partial charge in [-0.3, -0.25) is 19.2 Å².